The molecule has 0 spiro atoms. The maximum absolute atomic E-state index is 13.3. The van der Waals surface area contributed by atoms with Crippen molar-refractivity contribution in [2.45, 2.75) is 27.4 Å². The molecule has 1 fully saturated rings. The normalized spacial score (nSPS) is 14.7. The molecule has 0 radical (unpaired) electrons. The topological polar surface area (TPSA) is 84.9 Å². The minimum atomic E-state index is -0.787. The number of nitrogens with one attached hydrogen (secondary N) is 1. The van der Waals surface area contributed by atoms with E-state index in [-0.39, 0.29) is 5.57 Å². The van der Waals surface area contributed by atoms with Crippen molar-refractivity contribution >= 4 is 61.5 Å². The van der Waals surface area contributed by atoms with Gasteiger partial charge in [-0.25, -0.2) is 9.69 Å². The van der Waals surface area contributed by atoms with Crippen LogP contribution in [0.1, 0.15) is 29.2 Å². The first-order valence-electron chi connectivity index (χ1n) is 11.5. The molecule has 1 N–H and O–H groups in total. The molecule has 7 nitrogen and oxygen atoms in total. The first-order valence-corrected chi connectivity index (χ1v) is 13.1. The maximum Gasteiger partial charge on any atom is 0.335 e. The van der Waals surface area contributed by atoms with E-state index in [0.717, 1.165) is 26.1 Å². The van der Waals surface area contributed by atoms with E-state index >= 15 is 0 Å². The zero-order valence-electron chi connectivity index (χ0n) is 20.4. The molecule has 9 heteroatoms. The average molecular weight is 628 g/mol. The Morgan fingerprint density at radius 2 is 1.59 bits per heavy atom. The number of barbiturate groups is 1. The van der Waals surface area contributed by atoms with E-state index in [1.54, 1.807) is 24.3 Å². The quantitative estimate of drug-likeness (QED) is 0.240. The highest BCUT2D eigenvalue weighted by Gasteiger charge is 2.37. The summed E-state index contributed by atoms with van der Waals surface area (Å²) in [6.45, 7) is 6.30. The Morgan fingerprint density at radius 3 is 2.24 bits per heavy atom. The molecule has 3 aromatic carbocycles. The lowest BCUT2D eigenvalue weighted by Gasteiger charge is -2.27. The first-order chi connectivity index (χ1) is 17.7. The second-order valence-electron chi connectivity index (χ2n) is 8.48. The van der Waals surface area contributed by atoms with Crippen molar-refractivity contribution in [2.75, 3.05) is 11.5 Å². The predicted octanol–water partition coefficient (Wildman–Crippen LogP) is 6.47. The number of anilines is 1. The number of amides is 4. The fraction of sp³-hybridized carbons (Fsp3) is 0.179. The van der Waals surface area contributed by atoms with Crippen molar-refractivity contribution in [3.05, 3.63) is 91.4 Å². The van der Waals surface area contributed by atoms with Crippen LogP contribution >= 0.6 is 31.9 Å². The largest absolute Gasteiger partial charge is 0.490 e. The number of carbonyl (C=O) groups is 3. The molecule has 1 heterocycles. The summed E-state index contributed by atoms with van der Waals surface area (Å²) in [5, 5.41) is 2.26. The highest BCUT2D eigenvalue weighted by atomic mass is 79.9. The lowest BCUT2D eigenvalue weighted by molar-refractivity contribution is -0.122. The highest BCUT2D eigenvalue weighted by molar-refractivity contribution is 9.10. The van der Waals surface area contributed by atoms with E-state index in [4.69, 9.17) is 9.47 Å². The third kappa shape index (κ3) is 6.11. The molecule has 190 valence electrons. The van der Waals surface area contributed by atoms with Crippen LogP contribution in [0.2, 0.25) is 0 Å². The van der Waals surface area contributed by atoms with Gasteiger partial charge in [0.2, 0.25) is 0 Å². The second-order valence-corrected chi connectivity index (χ2v) is 10.3. The van der Waals surface area contributed by atoms with Gasteiger partial charge in [-0.05, 0) is 101 Å². The molecule has 0 bridgehead atoms. The van der Waals surface area contributed by atoms with Gasteiger partial charge in [0.1, 0.15) is 12.2 Å². The summed E-state index contributed by atoms with van der Waals surface area (Å²) < 4.78 is 13.4. The zero-order chi connectivity index (χ0) is 26.7. The summed E-state index contributed by atoms with van der Waals surface area (Å²) in [5.41, 5.74) is 3.51. The number of hydrogen-bond donors (Lipinski definition) is 1. The van der Waals surface area contributed by atoms with Gasteiger partial charge in [-0.15, -0.1) is 0 Å². The van der Waals surface area contributed by atoms with E-state index in [2.05, 4.69) is 37.2 Å². The SMILES string of the molecule is CCOc1cc(/C=C2\C(=O)NC(=O)N(c3cc(C)cc(C)c3)C2=O)cc(Br)c1OCc1ccc(Br)cc1. The Labute approximate surface area is 231 Å². The van der Waals surface area contributed by atoms with Crippen molar-refractivity contribution in [1.29, 1.82) is 0 Å². The maximum atomic E-state index is 13.3. The Morgan fingerprint density at radius 1 is 0.919 bits per heavy atom. The molecule has 4 amide bonds. The fourth-order valence-corrected chi connectivity index (χ4v) is 4.79. The fourth-order valence-electron chi connectivity index (χ4n) is 3.95. The molecule has 0 aliphatic carbocycles. The number of halogens is 2. The second kappa shape index (κ2) is 11.3. The number of aryl methyl sites for hydroxylation is 2. The monoisotopic (exact) mass is 626 g/mol. The van der Waals surface area contributed by atoms with Gasteiger partial charge in [0.05, 0.1) is 16.8 Å². The van der Waals surface area contributed by atoms with Crippen LogP contribution in [0, 0.1) is 13.8 Å². The van der Waals surface area contributed by atoms with Crippen LogP contribution in [0.3, 0.4) is 0 Å². The van der Waals surface area contributed by atoms with Crippen LogP contribution in [0.5, 0.6) is 11.5 Å². The Hall–Kier alpha value is -3.43. The molecule has 4 rings (SSSR count). The van der Waals surface area contributed by atoms with Gasteiger partial charge >= 0.3 is 6.03 Å². The number of ether oxygens (including phenoxy) is 2. The summed E-state index contributed by atoms with van der Waals surface area (Å²) in [6, 6.07) is 15.8. The zero-order valence-corrected chi connectivity index (χ0v) is 23.6. The van der Waals surface area contributed by atoms with Crippen LogP contribution in [-0.4, -0.2) is 24.5 Å². The van der Waals surface area contributed by atoms with Crippen LogP contribution < -0.4 is 19.7 Å². The summed E-state index contributed by atoms with van der Waals surface area (Å²) in [6.07, 6.45) is 1.44. The molecule has 0 saturated carbocycles. The molecule has 1 saturated heterocycles. The van der Waals surface area contributed by atoms with Gasteiger partial charge in [0, 0.05) is 4.47 Å². The number of benzene rings is 3. The standard InChI is InChI=1S/C28H24Br2N2O5/c1-4-36-24-14-19(13-23(30)25(24)37-15-18-5-7-20(29)8-6-18)12-22-26(33)31-28(35)32(27(22)34)21-10-16(2)9-17(3)11-21/h5-14H,4,15H2,1-3H3,(H,31,33,35)/b22-12+. The van der Waals surface area contributed by atoms with Gasteiger partial charge in [0.25, 0.3) is 11.8 Å². The van der Waals surface area contributed by atoms with E-state index in [1.165, 1.54) is 6.08 Å². The number of nitrogens with zero attached hydrogens (tertiary/aromatic N) is 1. The van der Waals surface area contributed by atoms with Gasteiger partial charge in [-0.1, -0.05) is 34.1 Å². The predicted molar refractivity (Wildman–Crippen MR) is 149 cm³/mol. The van der Waals surface area contributed by atoms with Crippen molar-refractivity contribution in [2.24, 2.45) is 0 Å². The van der Waals surface area contributed by atoms with E-state index in [9.17, 15) is 14.4 Å². The summed E-state index contributed by atoms with van der Waals surface area (Å²) in [4.78, 5) is 39.5. The lowest BCUT2D eigenvalue weighted by Crippen LogP contribution is -2.54. The van der Waals surface area contributed by atoms with E-state index in [0.29, 0.717) is 40.4 Å². The molecular formula is C28H24Br2N2O5. The number of rotatable bonds is 7. The van der Waals surface area contributed by atoms with Gasteiger partial charge in [-0.3, -0.25) is 14.9 Å². The third-order valence-corrected chi connectivity index (χ3v) is 6.62. The summed E-state index contributed by atoms with van der Waals surface area (Å²) in [7, 11) is 0. The van der Waals surface area contributed by atoms with Crippen molar-refractivity contribution in [1.82, 2.24) is 5.32 Å². The Balaban J connectivity index is 1.67. The van der Waals surface area contributed by atoms with Crippen molar-refractivity contribution < 1.29 is 23.9 Å². The van der Waals surface area contributed by atoms with E-state index in [1.807, 2.05) is 51.1 Å². The molecule has 1 aliphatic heterocycles. The van der Waals surface area contributed by atoms with E-state index < -0.39 is 17.8 Å². The highest BCUT2D eigenvalue weighted by Crippen LogP contribution is 2.38. The minimum Gasteiger partial charge on any atom is -0.490 e. The lowest BCUT2D eigenvalue weighted by atomic mass is 10.0. The molecule has 1 aliphatic rings. The van der Waals surface area contributed by atoms with Gasteiger partial charge in [0.15, 0.2) is 11.5 Å². The van der Waals surface area contributed by atoms with Crippen LogP contribution in [0.25, 0.3) is 6.08 Å². The van der Waals surface area contributed by atoms with Crippen molar-refractivity contribution in [3.8, 4) is 11.5 Å². The minimum absolute atomic E-state index is 0.170. The van der Waals surface area contributed by atoms with Crippen LogP contribution in [0.4, 0.5) is 10.5 Å². The van der Waals surface area contributed by atoms with Crippen LogP contribution in [-0.2, 0) is 16.2 Å². The Bertz CT molecular complexity index is 1400. The molecular weight excluding hydrogens is 604 g/mol. The number of urea groups is 1. The first kappa shape index (κ1) is 26.6. The molecule has 0 unspecified atom stereocenters. The smallest absolute Gasteiger partial charge is 0.335 e. The summed E-state index contributed by atoms with van der Waals surface area (Å²) in [5.74, 6) is -0.520. The summed E-state index contributed by atoms with van der Waals surface area (Å²) >= 11 is 6.95. The van der Waals surface area contributed by atoms with Crippen LogP contribution in [0.15, 0.2) is 69.1 Å². The number of carbonyl (C=O) groups excluding carboxylic acids is 3. The van der Waals surface area contributed by atoms with Gasteiger partial charge in [-0.2, -0.15) is 0 Å². The number of hydrogen-bond acceptors (Lipinski definition) is 5. The Kier molecular flexibility index (Phi) is 8.14. The molecule has 37 heavy (non-hydrogen) atoms. The van der Waals surface area contributed by atoms with Crippen molar-refractivity contribution in [3.63, 3.8) is 0 Å². The number of imide groups is 2. The molecule has 3 aromatic rings. The molecule has 0 atom stereocenters. The molecule has 0 aromatic heterocycles. The third-order valence-electron chi connectivity index (χ3n) is 5.51. The average Bonchev–Trinajstić information content (AvgIpc) is 2.82. The van der Waals surface area contributed by atoms with Gasteiger partial charge < -0.3 is 9.47 Å².